The van der Waals surface area contributed by atoms with Crippen LogP contribution in [-0.2, 0) is 26.0 Å². The van der Waals surface area contributed by atoms with Crippen LogP contribution in [-0.4, -0.2) is 57.4 Å². The highest BCUT2D eigenvalue weighted by molar-refractivity contribution is 7.92. The summed E-state index contributed by atoms with van der Waals surface area (Å²) in [7, 11) is -2.58. The zero-order chi connectivity index (χ0) is 29.1. The van der Waals surface area contributed by atoms with E-state index in [1.807, 2.05) is 51.1 Å². The number of amides is 2. The number of methoxy groups -OCH3 is 1. The number of benzene rings is 3. The molecule has 0 aliphatic rings. The maximum absolute atomic E-state index is 14.0. The highest BCUT2D eigenvalue weighted by Crippen LogP contribution is 2.26. The first-order valence-corrected chi connectivity index (χ1v) is 15.0. The largest absolute Gasteiger partial charge is 0.497 e. The van der Waals surface area contributed by atoms with Crippen molar-refractivity contribution < 1.29 is 22.7 Å². The highest BCUT2D eigenvalue weighted by Gasteiger charge is 2.33. The predicted molar refractivity (Wildman–Crippen MR) is 158 cm³/mol. The summed E-state index contributed by atoms with van der Waals surface area (Å²) in [5, 5.41) is 2.99. The van der Waals surface area contributed by atoms with Gasteiger partial charge in [-0.05, 0) is 68.1 Å². The maximum atomic E-state index is 14.0. The van der Waals surface area contributed by atoms with Gasteiger partial charge in [0.05, 0.1) is 17.7 Å². The first kappa shape index (κ1) is 30.7. The Kier molecular flexibility index (Phi) is 11.1. The second-order valence-corrected chi connectivity index (χ2v) is 11.4. The lowest BCUT2D eigenvalue weighted by Crippen LogP contribution is -2.54. The van der Waals surface area contributed by atoms with Crippen molar-refractivity contribution in [2.24, 2.45) is 0 Å². The molecule has 40 heavy (non-hydrogen) atoms. The highest BCUT2D eigenvalue weighted by atomic mass is 32.2. The Morgan fingerprint density at radius 3 is 2.02 bits per heavy atom. The third kappa shape index (κ3) is 7.85. The van der Waals surface area contributed by atoms with Crippen molar-refractivity contribution in [2.45, 2.75) is 57.0 Å². The zero-order valence-electron chi connectivity index (χ0n) is 23.6. The number of rotatable bonds is 14. The van der Waals surface area contributed by atoms with Crippen LogP contribution >= 0.6 is 0 Å². The molecule has 0 saturated carbocycles. The number of ether oxygens (including phenoxy) is 1. The summed E-state index contributed by atoms with van der Waals surface area (Å²) in [6.07, 6.45) is 1.66. The number of sulfonamides is 1. The molecular formula is C31H39N3O5S. The van der Waals surface area contributed by atoms with Crippen LogP contribution in [0.3, 0.4) is 0 Å². The van der Waals surface area contributed by atoms with E-state index in [4.69, 9.17) is 4.74 Å². The Morgan fingerprint density at radius 2 is 1.48 bits per heavy atom. The van der Waals surface area contributed by atoms with Gasteiger partial charge in [-0.15, -0.1) is 0 Å². The minimum absolute atomic E-state index is 0.0538. The average molecular weight is 566 g/mol. The van der Waals surface area contributed by atoms with Crippen LogP contribution in [0.1, 0.15) is 39.2 Å². The van der Waals surface area contributed by atoms with E-state index in [0.29, 0.717) is 24.3 Å². The molecule has 3 rings (SSSR count). The van der Waals surface area contributed by atoms with Gasteiger partial charge in [-0.2, -0.15) is 0 Å². The Labute approximate surface area is 238 Å². The van der Waals surface area contributed by atoms with Crippen LogP contribution in [0.5, 0.6) is 5.75 Å². The van der Waals surface area contributed by atoms with Crippen molar-refractivity contribution in [3.63, 3.8) is 0 Å². The predicted octanol–water partition coefficient (Wildman–Crippen LogP) is 4.66. The van der Waals surface area contributed by atoms with E-state index in [0.717, 1.165) is 16.3 Å². The van der Waals surface area contributed by atoms with Gasteiger partial charge in [-0.25, -0.2) is 8.42 Å². The number of anilines is 1. The second kappa shape index (κ2) is 14.5. The van der Waals surface area contributed by atoms with E-state index in [1.165, 1.54) is 24.1 Å². The van der Waals surface area contributed by atoms with Gasteiger partial charge in [0, 0.05) is 12.6 Å². The van der Waals surface area contributed by atoms with Gasteiger partial charge in [0.2, 0.25) is 11.8 Å². The van der Waals surface area contributed by atoms with Crippen LogP contribution in [0.4, 0.5) is 5.69 Å². The van der Waals surface area contributed by atoms with Gasteiger partial charge < -0.3 is 15.0 Å². The van der Waals surface area contributed by atoms with Crippen molar-refractivity contribution in [1.29, 1.82) is 0 Å². The van der Waals surface area contributed by atoms with Gasteiger partial charge >= 0.3 is 0 Å². The first-order chi connectivity index (χ1) is 19.2. The van der Waals surface area contributed by atoms with Crippen LogP contribution in [0, 0.1) is 0 Å². The fraction of sp³-hybridized carbons (Fsp3) is 0.355. The summed E-state index contributed by atoms with van der Waals surface area (Å²) in [6.45, 7) is 5.54. The number of hydrogen-bond donors (Lipinski definition) is 1. The molecule has 0 saturated heterocycles. The van der Waals surface area contributed by atoms with Crippen LogP contribution in [0.2, 0.25) is 0 Å². The maximum Gasteiger partial charge on any atom is 0.264 e. The van der Waals surface area contributed by atoms with E-state index in [2.05, 4.69) is 5.32 Å². The molecule has 0 aromatic heterocycles. The quantitative estimate of drug-likeness (QED) is 0.307. The molecule has 0 heterocycles. The van der Waals surface area contributed by atoms with Crippen LogP contribution in [0.15, 0.2) is 89.8 Å². The Bertz CT molecular complexity index is 1330. The van der Waals surface area contributed by atoms with E-state index in [1.54, 1.807) is 42.5 Å². The Hall–Kier alpha value is -3.85. The molecule has 0 aliphatic carbocycles. The van der Waals surface area contributed by atoms with Gasteiger partial charge in [-0.3, -0.25) is 13.9 Å². The molecule has 3 aromatic carbocycles. The number of hydrogen-bond acceptors (Lipinski definition) is 5. The Balaban J connectivity index is 1.99. The molecular weight excluding hydrogens is 526 g/mol. The molecule has 9 heteroatoms. The lowest BCUT2D eigenvalue weighted by molar-refractivity contribution is -0.139. The summed E-state index contributed by atoms with van der Waals surface area (Å²) in [5.41, 5.74) is 1.33. The summed E-state index contributed by atoms with van der Waals surface area (Å²) in [5.74, 6) is -0.151. The van der Waals surface area contributed by atoms with Crippen LogP contribution in [0.25, 0.3) is 0 Å². The van der Waals surface area contributed by atoms with Gasteiger partial charge in [0.15, 0.2) is 0 Å². The number of carbonyl (C=O) groups excluding carboxylic acids is 2. The number of nitrogens with one attached hydrogen (secondary N) is 1. The smallest absolute Gasteiger partial charge is 0.264 e. The molecule has 1 N–H and O–H groups in total. The lowest BCUT2D eigenvalue weighted by atomic mass is 10.1. The van der Waals surface area contributed by atoms with Crippen molar-refractivity contribution in [3.8, 4) is 5.75 Å². The molecule has 2 unspecified atom stereocenters. The molecule has 2 amide bonds. The lowest BCUT2D eigenvalue weighted by Gasteiger charge is -2.33. The van der Waals surface area contributed by atoms with Crippen molar-refractivity contribution >= 4 is 27.5 Å². The van der Waals surface area contributed by atoms with Gasteiger partial charge in [0.25, 0.3) is 10.0 Å². The molecule has 0 bridgehead atoms. The molecule has 0 radical (unpaired) electrons. The Morgan fingerprint density at radius 1 is 0.875 bits per heavy atom. The minimum atomic E-state index is -4.10. The third-order valence-electron chi connectivity index (χ3n) is 6.84. The van der Waals surface area contributed by atoms with Crippen LogP contribution < -0.4 is 14.4 Å². The fourth-order valence-electron chi connectivity index (χ4n) is 4.33. The monoisotopic (exact) mass is 565 g/mol. The van der Waals surface area contributed by atoms with E-state index >= 15 is 0 Å². The average Bonchev–Trinajstić information content (AvgIpc) is 2.98. The molecule has 2 atom stereocenters. The normalized spacial score (nSPS) is 12.7. The number of nitrogens with zero attached hydrogens (tertiary/aromatic N) is 2. The molecule has 214 valence electrons. The van der Waals surface area contributed by atoms with E-state index in [-0.39, 0.29) is 23.4 Å². The fourth-order valence-corrected chi connectivity index (χ4v) is 5.77. The molecule has 8 nitrogen and oxygen atoms in total. The topological polar surface area (TPSA) is 96.0 Å². The number of carbonyl (C=O) groups is 2. The summed E-state index contributed by atoms with van der Waals surface area (Å²) < 4.78 is 34.0. The van der Waals surface area contributed by atoms with E-state index < -0.39 is 28.5 Å². The third-order valence-corrected chi connectivity index (χ3v) is 8.63. The molecule has 0 fully saturated rings. The second-order valence-electron chi connectivity index (χ2n) is 9.59. The van der Waals surface area contributed by atoms with Gasteiger partial charge in [0.1, 0.15) is 18.3 Å². The minimum Gasteiger partial charge on any atom is -0.497 e. The SMILES string of the molecule is CCC(C)NC(=O)C(CC)N(CCc1ccccc1)C(=O)CN(c1ccc(OC)cc1)S(=O)(=O)c1ccccc1. The standard InChI is InChI=1S/C31H39N3O5S/c1-5-24(3)32-31(36)29(6-2)33(22-21-25-13-9-7-10-14-25)30(35)23-34(26-17-19-27(39-4)20-18-26)40(37,38)28-15-11-8-12-16-28/h7-20,24,29H,5-6,21-23H2,1-4H3,(H,32,36). The van der Waals surface area contributed by atoms with Gasteiger partial charge in [-0.1, -0.05) is 62.4 Å². The summed E-state index contributed by atoms with van der Waals surface area (Å²) in [6, 6.07) is 23.4. The zero-order valence-corrected chi connectivity index (χ0v) is 24.4. The van der Waals surface area contributed by atoms with Crippen molar-refractivity contribution in [2.75, 3.05) is 24.5 Å². The molecule has 0 spiro atoms. The summed E-state index contributed by atoms with van der Waals surface area (Å²) in [4.78, 5) is 28.9. The van der Waals surface area contributed by atoms with E-state index in [9.17, 15) is 18.0 Å². The molecule has 3 aromatic rings. The molecule has 0 aliphatic heterocycles. The first-order valence-electron chi connectivity index (χ1n) is 13.6. The van der Waals surface area contributed by atoms with Crippen molar-refractivity contribution in [3.05, 3.63) is 90.5 Å². The summed E-state index contributed by atoms with van der Waals surface area (Å²) >= 11 is 0. The van der Waals surface area contributed by atoms with Crippen molar-refractivity contribution in [1.82, 2.24) is 10.2 Å².